The van der Waals surface area contributed by atoms with E-state index in [1.54, 1.807) is 6.07 Å². The summed E-state index contributed by atoms with van der Waals surface area (Å²) in [5.41, 5.74) is -2.53. The summed E-state index contributed by atoms with van der Waals surface area (Å²) in [6, 6.07) is 12.0. The van der Waals surface area contributed by atoms with Gasteiger partial charge < -0.3 is 9.90 Å². The van der Waals surface area contributed by atoms with Crippen molar-refractivity contribution in [3.05, 3.63) is 88.2 Å². The molecule has 0 fully saturated rings. The molecular formula is C22H10ClF4N2NaO3. The Morgan fingerprint density at radius 1 is 1.00 bits per heavy atom. The monoisotopic (exact) mass is 484 g/mol. The normalized spacial score (nSPS) is 11.3. The van der Waals surface area contributed by atoms with Crippen molar-refractivity contribution in [3.63, 3.8) is 0 Å². The predicted molar refractivity (Wildman–Crippen MR) is 106 cm³/mol. The van der Waals surface area contributed by atoms with Gasteiger partial charge in [0.2, 0.25) is 0 Å². The number of carbonyl (C=O) groups excluding carboxylic acids is 2. The zero-order valence-electron chi connectivity index (χ0n) is 16.8. The van der Waals surface area contributed by atoms with Crippen LogP contribution in [0.5, 0.6) is 0 Å². The van der Waals surface area contributed by atoms with Crippen molar-refractivity contribution in [1.29, 1.82) is 0 Å². The van der Waals surface area contributed by atoms with Crippen LogP contribution in [-0.2, 0) is 6.18 Å². The van der Waals surface area contributed by atoms with E-state index in [4.69, 9.17) is 11.6 Å². The maximum absolute atomic E-state index is 14.6. The quantitative estimate of drug-likeness (QED) is 0.327. The van der Waals surface area contributed by atoms with E-state index < -0.39 is 45.6 Å². The number of carbonyl (C=O) groups is 2. The van der Waals surface area contributed by atoms with Crippen molar-refractivity contribution >= 4 is 34.4 Å². The number of carboxylic acid groups (broad SMARTS) is 1. The average Bonchev–Trinajstić information content (AvgIpc) is 3.12. The molecule has 3 aromatic carbocycles. The summed E-state index contributed by atoms with van der Waals surface area (Å²) < 4.78 is 55.9. The molecule has 11 heteroatoms. The molecule has 0 saturated heterocycles. The van der Waals surface area contributed by atoms with E-state index in [0.717, 1.165) is 36.4 Å². The first-order valence-electron chi connectivity index (χ1n) is 8.99. The third kappa shape index (κ3) is 4.54. The van der Waals surface area contributed by atoms with Crippen molar-refractivity contribution in [2.75, 3.05) is 0 Å². The Morgan fingerprint density at radius 3 is 2.33 bits per heavy atom. The van der Waals surface area contributed by atoms with Crippen LogP contribution in [0.1, 0.15) is 26.3 Å². The van der Waals surface area contributed by atoms with Crippen LogP contribution >= 0.6 is 11.6 Å². The van der Waals surface area contributed by atoms with E-state index in [1.165, 1.54) is 18.2 Å². The van der Waals surface area contributed by atoms with Gasteiger partial charge in [0.05, 0.1) is 27.6 Å². The van der Waals surface area contributed by atoms with E-state index in [9.17, 15) is 32.3 Å². The minimum Gasteiger partial charge on any atom is -0.545 e. The van der Waals surface area contributed by atoms with Crippen LogP contribution in [0.15, 0.2) is 60.7 Å². The summed E-state index contributed by atoms with van der Waals surface area (Å²) in [4.78, 5) is 24.1. The molecular weight excluding hydrogens is 475 g/mol. The Bertz CT molecular complexity index is 1400. The number of hydrogen-bond donors (Lipinski definition) is 0. The largest absolute Gasteiger partial charge is 1.00 e. The molecule has 0 amide bonds. The number of aromatic carboxylic acids is 1. The van der Waals surface area contributed by atoms with Gasteiger partial charge >= 0.3 is 35.7 Å². The number of alkyl halides is 3. The van der Waals surface area contributed by atoms with E-state index in [0.29, 0.717) is 4.68 Å². The Labute approximate surface area is 210 Å². The van der Waals surface area contributed by atoms with Gasteiger partial charge in [-0.1, -0.05) is 41.9 Å². The van der Waals surface area contributed by atoms with Crippen molar-refractivity contribution in [2.45, 2.75) is 6.18 Å². The van der Waals surface area contributed by atoms with Crippen LogP contribution < -0.4 is 34.7 Å². The smallest absolute Gasteiger partial charge is 0.545 e. The summed E-state index contributed by atoms with van der Waals surface area (Å²) in [7, 11) is 0. The standard InChI is InChI=1S/C22H11ClF4N2O3.Na/c23-15-6-3-5-14(22(25,26)27)18(15)20(30)29-17-7-2-1-4-13(17)19(28-29)12-9-8-11(21(31)32)10-16(12)24;/h1-10H,(H,31,32);/q;+1/p-1. The number of benzene rings is 3. The number of fused-ring (bicyclic) bond motifs is 1. The first-order chi connectivity index (χ1) is 15.1. The summed E-state index contributed by atoms with van der Waals surface area (Å²) in [6.07, 6.45) is -4.85. The maximum atomic E-state index is 14.6. The summed E-state index contributed by atoms with van der Waals surface area (Å²) in [5, 5.41) is 14.9. The first kappa shape index (κ1) is 24.9. The second-order valence-electron chi connectivity index (χ2n) is 6.72. The van der Waals surface area contributed by atoms with Crippen LogP contribution in [-0.4, -0.2) is 21.7 Å². The molecule has 4 rings (SSSR count). The van der Waals surface area contributed by atoms with Crippen LogP contribution in [0, 0.1) is 5.82 Å². The zero-order valence-corrected chi connectivity index (χ0v) is 19.5. The SMILES string of the molecule is O=C([O-])c1ccc(-c2nn(C(=O)c3c(Cl)cccc3C(F)(F)F)c3ccccc23)c(F)c1.[Na+]. The molecule has 0 radical (unpaired) electrons. The Morgan fingerprint density at radius 2 is 1.70 bits per heavy atom. The van der Waals surface area contributed by atoms with Crippen LogP contribution in [0.3, 0.4) is 0 Å². The fourth-order valence-corrected chi connectivity index (χ4v) is 3.59. The molecule has 33 heavy (non-hydrogen) atoms. The molecule has 0 aliphatic carbocycles. The second kappa shape index (κ2) is 9.26. The third-order valence-electron chi connectivity index (χ3n) is 4.77. The number of aromatic nitrogens is 2. The van der Waals surface area contributed by atoms with Gasteiger partial charge in [-0.05, 0) is 30.3 Å². The molecule has 1 aromatic heterocycles. The van der Waals surface area contributed by atoms with Crippen LogP contribution in [0.2, 0.25) is 5.02 Å². The molecule has 0 bridgehead atoms. The summed E-state index contributed by atoms with van der Waals surface area (Å²) in [6.45, 7) is 0. The Balaban J connectivity index is 0.00000306. The topological polar surface area (TPSA) is 75.0 Å². The fourth-order valence-electron chi connectivity index (χ4n) is 3.34. The molecule has 162 valence electrons. The molecule has 0 unspecified atom stereocenters. The summed E-state index contributed by atoms with van der Waals surface area (Å²) >= 11 is 5.94. The van der Waals surface area contributed by atoms with Gasteiger partial charge in [-0.25, -0.2) is 4.39 Å². The first-order valence-corrected chi connectivity index (χ1v) is 9.37. The predicted octanol–water partition coefficient (Wildman–Crippen LogP) is 1.57. The van der Waals surface area contributed by atoms with E-state index in [2.05, 4.69) is 5.10 Å². The molecule has 0 spiro atoms. The van der Waals surface area contributed by atoms with Gasteiger partial charge in [0.1, 0.15) is 11.5 Å². The van der Waals surface area contributed by atoms with E-state index >= 15 is 0 Å². The molecule has 0 N–H and O–H groups in total. The molecule has 0 saturated carbocycles. The average molecular weight is 485 g/mol. The third-order valence-corrected chi connectivity index (χ3v) is 5.09. The van der Waals surface area contributed by atoms with Gasteiger partial charge in [0, 0.05) is 16.5 Å². The van der Waals surface area contributed by atoms with Gasteiger partial charge in [-0.3, -0.25) is 4.79 Å². The number of nitrogens with zero attached hydrogens (tertiary/aromatic N) is 2. The van der Waals surface area contributed by atoms with Gasteiger partial charge in [0.15, 0.2) is 0 Å². The van der Waals surface area contributed by atoms with Gasteiger partial charge in [0.25, 0.3) is 5.91 Å². The Kier molecular flexibility index (Phi) is 6.99. The molecule has 1 heterocycles. The van der Waals surface area contributed by atoms with Crippen molar-refractivity contribution in [2.24, 2.45) is 0 Å². The van der Waals surface area contributed by atoms with Crippen molar-refractivity contribution < 1.29 is 61.8 Å². The zero-order chi connectivity index (χ0) is 23.2. The Hall–Kier alpha value is -2.72. The van der Waals surface area contributed by atoms with E-state index in [-0.39, 0.29) is 51.7 Å². The van der Waals surface area contributed by atoms with Crippen LogP contribution in [0.25, 0.3) is 22.2 Å². The number of para-hydroxylation sites is 1. The van der Waals surface area contributed by atoms with Crippen molar-refractivity contribution in [1.82, 2.24) is 9.78 Å². The number of halogens is 5. The minimum atomic E-state index is -4.85. The molecule has 0 aliphatic rings. The number of carboxylic acids is 1. The van der Waals surface area contributed by atoms with Gasteiger partial charge in [-0.15, -0.1) is 0 Å². The molecule has 5 nitrogen and oxygen atoms in total. The number of rotatable bonds is 3. The second-order valence-corrected chi connectivity index (χ2v) is 7.13. The van der Waals surface area contributed by atoms with Gasteiger partial charge in [-0.2, -0.15) is 23.0 Å². The van der Waals surface area contributed by atoms with Crippen molar-refractivity contribution in [3.8, 4) is 11.3 Å². The maximum Gasteiger partial charge on any atom is 1.00 e. The van der Waals surface area contributed by atoms with E-state index in [1.807, 2.05) is 0 Å². The minimum absolute atomic E-state index is 0. The number of hydrogen-bond acceptors (Lipinski definition) is 4. The molecule has 0 atom stereocenters. The summed E-state index contributed by atoms with van der Waals surface area (Å²) in [5.74, 6) is -3.69. The fraction of sp³-hybridized carbons (Fsp3) is 0.0455. The molecule has 4 aromatic rings. The van der Waals surface area contributed by atoms with Crippen LogP contribution in [0.4, 0.5) is 17.6 Å². The molecule has 0 aliphatic heterocycles.